The van der Waals surface area contributed by atoms with E-state index in [1.165, 1.54) is 180 Å². The maximum atomic E-state index is 10.4. The molecular formula is C37H76O2. The van der Waals surface area contributed by atoms with Crippen LogP contribution in [0.2, 0.25) is 0 Å². The van der Waals surface area contributed by atoms with E-state index in [1.54, 1.807) is 0 Å². The van der Waals surface area contributed by atoms with Crippen LogP contribution in [0.15, 0.2) is 0 Å². The molecule has 0 radical (unpaired) electrons. The van der Waals surface area contributed by atoms with E-state index in [2.05, 4.69) is 27.7 Å². The van der Waals surface area contributed by atoms with Gasteiger partial charge < -0.3 is 5.11 Å². The summed E-state index contributed by atoms with van der Waals surface area (Å²) in [5, 5.41) is 8.55. The SMILES string of the molecule is CCCCCCCCCCCCCC(C)C.CCCCCCCCCCCCCCCCCCCCC(=O)O. The fraction of sp³-hybridized carbons (Fsp3) is 0.973. The van der Waals surface area contributed by atoms with E-state index < -0.39 is 5.97 Å². The molecule has 0 aliphatic heterocycles. The third kappa shape index (κ3) is 44.7. The van der Waals surface area contributed by atoms with Crippen molar-refractivity contribution in [2.45, 2.75) is 227 Å². The summed E-state index contributed by atoms with van der Waals surface area (Å²) in [5.41, 5.74) is 0. The van der Waals surface area contributed by atoms with Crippen LogP contribution in [0.3, 0.4) is 0 Å². The maximum Gasteiger partial charge on any atom is 0.303 e. The maximum absolute atomic E-state index is 10.4. The van der Waals surface area contributed by atoms with Crippen LogP contribution >= 0.6 is 0 Å². The van der Waals surface area contributed by atoms with Gasteiger partial charge in [-0.05, 0) is 12.3 Å². The summed E-state index contributed by atoms with van der Waals surface area (Å²) in [6, 6.07) is 0. The molecule has 0 aliphatic carbocycles. The first-order valence-corrected chi connectivity index (χ1v) is 18.3. The molecular weight excluding hydrogens is 476 g/mol. The number of hydrogen-bond donors (Lipinski definition) is 1. The Kier molecular flexibility index (Phi) is 39.0. The zero-order valence-corrected chi connectivity index (χ0v) is 27.9. The van der Waals surface area contributed by atoms with Gasteiger partial charge in [0.15, 0.2) is 0 Å². The van der Waals surface area contributed by atoms with Gasteiger partial charge in [-0.15, -0.1) is 0 Å². The first-order valence-electron chi connectivity index (χ1n) is 18.3. The van der Waals surface area contributed by atoms with Crippen molar-refractivity contribution in [1.82, 2.24) is 0 Å². The Labute approximate surface area is 248 Å². The van der Waals surface area contributed by atoms with Crippen LogP contribution in [0.5, 0.6) is 0 Å². The monoisotopic (exact) mass is 553 g/mol. The van der Waals surface area contributed by atoms with E-state index in [1.807, 2.05) is 0 Å². The van der Waals surface area contributed by atoms with Gasteiger partial charge in [0.1, 0.15) is 0 Å². The van der Waals surface area contributed by atoms with E-state index in [0.717, 1.165) is 18.8 Å². The lowest BCUT2D eigenvalue weighted by Crippen LogP contribution is -1.93. The summed E-state index contributed by atoms with van der Waals surface area (Å²) in [6.45, 7) is 9.23. The number of carboxylic acids is 1. The van der Waals surface area contributed by atoms with E-state index in [4.69, 9.17) is 5.11 Å². The van der Waals surface area contributed by atoms with E-state index in [0.29, 0.717) is 6.42 Å². The van der Waals surface area contributed by atoms with Crippen molar-refractivity contribution in [2.75, 3.05) is 0 Å². The smallest absolute Gasteiger partial charge is 0.303 e. The van der Waals surface area contributed by atoms with Crippen LogP contribution < -0.4 is 0 Å². The minimum Gasteiger partial charge on any atom is -0.481 e. The van der Waals surface area contributed by atoms with Gasteiger partial charge in [0, 0.05) is 6.42 Å². The van der Waals surface area contributed by atoms with Gasteiger partial charge in [-0.25, -0.2) is 0 Å². The first-order chi connectivity index (χ1) is 19.0. The van der Waals surface area contributed by atoms with Crippen molar-refractivity contribution < 1.29 is 9.90 Å². The fourth-order valence-electron chi connectivity index (χ4n) is 5.39. The van der Waals surface area contributed by atoms with Crippen molar-refractivity contribution >= 4 is 5.97 Å². The molecule has 0 saturated heterocycles. The van der Waals surface area contributed by atoms with Crippen LogP contribution in [0.4, 0.5) is 0 Å². The summed E-state index contributed by atoms with van der Waals surface area (Å²) in [5.74, 6) is 0.250. The Morgan fingerprint density at radius 1 is 0.410 bits per heavy atom. The van der Waals surface area contributed by atoms with Crippen LogP contribution in [-0.2, 0) is 4.79 Å². The third-order valence-electron chi connectivity index (χ3n) is 8.13. The lowest BCUT2D eigenvalue weighted by atomic mass is 10.0. The zero-order chi connectivity index (χ0) is 29.1. The lowest BCUT2D eigenvalue weighted by Gasteiger charge is -2.04. The Balaban J connectivity index is 0. The largest absolute Gasteiger partial charge is 0.481 e. The summed E-state index contributed by atoms with van der Waals surface area (Å²) >= 11 is 0. The second-order valence-electron chi connectivity index (χ2n) is 12.9. The number of carboxylic acid groups (broad SMARTS) is 1. The molecule has 0 rings (SSSR count). The van der Waals surface area contributed by atoms with Gasteiger partial charge >= 0.3 is 5.97 Å². The Morgan fingerprint density at radius 2 is 0.641 bits per heavy atom. The standard InChI is InChI=1S/C21H42O2.C16H34/c1-2-3-4-5-6-7-8-9-10-11-12-13-14-15-16-17-18-19-20-21(22)23;1-4-5-6-7-8-9-10-11-12-13-14-15-16(2)3/h2-20H2,1H3,(H,22,23);16H,4-15H2,1-3H3. The molecule has 0 aromatic rings. The second kappa shape index (κ2) is 37.5. The summed E-state index contributed by atoms with van der Waals surface area (Å²) in [6.07, 6.45) is 42.1. The summed E-state index contributed by atoms with van der Waals surface area (Å²) in [4.78, 5) is 10.4. The molecule has 0 saturated carbocycles. The molecule has 2 nitrogen and oxygen atoms in total. The molecule has 236 valence electrons. The van der Waals surface area contributed by atoms with Crippen molar-refractivity contribution in [2.24, 2.45) is 5.92 Å². The van der Waals surface area contributed by atoms with Gasteiger partial charge in [-0.2, -0.15) is 0 Å². The summed E-state index contributed by atoms with van der Waals surface area (Å²) in [7, 11) is 0. The highest BCUT2D eigenvalue weighted by atomic mass is 16.4. The predicted molar refractivity (Wildman–Crippen MR) is 177 cm³/mol. The predicted octanol–water partition coefficient (Wildman–Crippen LogP) is 13.8. The van der Waals surface area contributed by atoms with Gasteiger partial charge in [0.05, 0.1) is 0 Å². The molecule has 39 heavy (non-hydrogen) atoms. The Bertz CT molecular complexity index is 431. The van der Waals surface area contributed by atoms with Crippen molar-refractivity contribution in [3.63, 3.8) is 0 Å². The number of aliphatic carboxylic acids is 1. The second-order valence-corrected chi connectivity index (χ2v) is 12.9. The Hall–Kier alpha value is -0.530. The highest BCUT2D eigenvalue weighted by molar-refractivity contribution is 5.66. The van der Waals surface area contributed by atoms with E-state index in [9.17, 15) is 4.79 Å². The van der Waals surface area contributed by atoms with Gasteiger partial charge in [0.2, 0.25) is 0 Å². The molecule has 0 aliphatic rings. The average Bonchev–Trinajstić information content (AvgIpc) is 2.91. The van der Waals surface area contributed by atoms with Crippen molar-refractivity contribution in [3.05, 3.63) is 0 Å². The fourth-order valence-corrected chi connectivity index (χ4v) is 5.39. The highest BCUT2D eigenvalue weighted by Gasteiger charge is 1.98. The molecule has 0 spiro atoms. The number of carbonyl (C=O) groups is 1. The molecule has 0 bridgehead atoms. The third-order valence-corrected chi connectivity index (χ3v) is 8.13. The zero-order valence-electron chi connectivity index (χ0n) is 27.9. The quantitative estimate of drug-likeness (QED) is 0.0868. The van der Waals surface area contributed by atoms with Crippen LogP contribution in [0.1, 0.15) is 227 Å². The lowest BCUT2D eigenvalue weighted by molar-refractivity contribution is -0.137. The van der Waals surface area contributed by atoms with Crippen molar-refractivity contribution in [1.29, 1.82) is 0 Å². The minimum absolute atomic E-state index is 0.346. The van der Waals surface area contributed by atoms with Crippen LogP contribution in [0.25, 0.3) is 0 Å². The van der Waals surface area contributed by atoms with Crippen LogP contribution in [0, 0.1) is 5.92 Å². The minimum atomic E-state index is -0.651. The molecule has 1 N–H and O–H groups in total. The molecule has 0 heterocycles. The number of unbranched alkanes of at least 4 members (excludes halogenated alkanes) is 27. The topological polar surface area (TPSA) is 37.3 Å². The van der Waals surface area contributed by atoms with Gasteiger partial charge in [-0.1, -0.05) is 214 Å². The number of hydrogen-bond acceptors (Lipinski definition) is 1. The molecule has 0 aromatic heterocycles. The van der Waals surface area contributed by atoms with Crippen LogP contribution in [-0.4, -0.2) is 11.1 Å². The first kappa shape index (κ1) is 40.6. The summed E-state index contributed by atoms with van der Waals surface area (Å²) < 4.78 is 0. The Morgan fingerprint density at radius 3 is 0.872 bits per heavy atom. The molecule has 0 atom stereocenters. The molecule has 0 fully saturated rings. The van der Waals surface area contributed by atoms with Crippen molar-refractivity contribution in [3.8, 4) is 0 Å². The molecule has 2 heteroatoms. The molecule has 0 aromatic carbocycles. The highest BCUT2D eigenvalue weighted by Crippen LogP contribution is 2.15. The van der Waals surface area contributed by atoms with E-state index >= 15 is 0 Å². The normalized spacial score (nSPS) is 11.1. The average molecular weight is 553 g/mol. The molecule has 0 unspecified atom stereocenters. The molecule has 0 amide bonds. The number of rotatable bonds is 31. The van der Waals surface area contributed by atoms with E-state index in [-0.39, 0.29) is 0 Å². The van der Waals surface area contributed by atoms with Gasteiger partial charge in [0.25, 0.3) is 0 Å². The van der Waals surface area contributed by atoms with Gasteiger partial charge in [-0.3, -0.25) is 4.79 Å².